The molecule has 1 aliphatic heterocycles. The van der Waals surface area contributed by atoms with E-state index in [9.17, 15) is 18.8 Å². The standard InChI is InChI=1S/C18H17F2NO3S2/c1-2-24-16(22)8-13-12-6-7-25-18(12)21(23)9-15(13)26-10-11-4-3-5-14(19)17(11)20/h3-7,23H,2,8-10H2,1H3. The maximum atomic E-state index is 13.9. The number of nitrogens with zero attached hydrogens (tertiary/aromatic N) is 1. The van der Waals surface area contributed by atoms with Gasteiger partial charge in [-0.15, -0.1) is 23.1 Å². The van der Waals surface area contributed by atoms with Crippen LogP contribution in [0.1, 0.15) is 24.5 Å². The molecule has 26 heavy (non-hydrogen) atoms. The van der Waals surface area contributed by atoms with Gasteiger partial charge in [0.15, 0.2) is 11.6 Å². The van der Waals surface area contributed by atoms with Crippen LogP contribution in [0.15, 0.2) is 34.6 Å². The summed E-state index contributed by atoms with van der Waals surface area (Å²) in [6.07, 6.45) is 0.0688. The number of halogens is 2. The summed E-state index contributed by atoms with van der Waals surface area (Å²) in [5.41, 5.74) is 1.75. The van der Waals surface area contributed by atoms with Gasteiger partial charge in [-0.2, -0.15) is 0 Å². The molecule has 0 radical (unpaired) electrons. The molecule has 4 nitrogen and oxygen atoms in total. The molecule has 138 valence electrons. The lowest BCUT2D eigenvalue weighted by molar-refractivity contribution is -0.141. The topological polar surface area (TPSA) is 49.8 Å². The number of hydrogen-bond donors (Lipinski definition) is 1. The van der Waals surface area contributed by atoms with Gasteiger partial charge in [0.25, 0.3) is 0 Å². The maximum Gasteiger partial charge on any atom is 0.310 e. The molecule has 0 aliphatic carbocycles. The van der Waals surface area contributed by atoms with Crippen LogP contribution in [0.3, 0.4) is 0 Å². The average Bonchev–Trinajstić information content (AvgIpc) is 3.10. The molecular formula is C18H17F2NO3S2. The molecule has 0 saturated carbocycles. The van der Waals surface area contributed by atoms with Crippen molar-refractivity contribution in [2.75, 3.05) is 18.2 Å². The van der Waals surface area contributed by atoms with Crippen molar-refractivity contribution < 1.29 is 23.5 Å². The van der Waals surface area contributed by atoms with Crippen molar-refractivity contribution in [1.29, 1.82) is 0 Å². The van der Waals surface area contributed by atoms with Crippen molar-refractivity contribution >= 4 is 39.6 Å². The lowest BCUT2D eigenvalue weighted by Gasteiger charge is -2.27. The van der Waals surface area contributed by atoms with Crippen LogP contribution in [0, 0.1) is 11.6 Å². The molecule has 0 amide bonds. The second-order valence-electron chi connectivity index (χ2n) is 5.58. The predicted octanol–water partition coefficient (Wildman–Crippen LogP) is 4.83. The van der Waals surface area contributed by atoms with Gasteiger partial charge in [-0.1, -0.05) is 12.1 Å². The minimum absolute atomic E-state index is 0.0688. The Bertz CT molecular complexity index is 851. The molecule has 0 bridgehead atoms. The zero-order valence-corrected chi connectivity index (χ0v) is 15.6. The minimum atomic E-state index is -0.892. The number of fused-ring (bicyclic) bond motifs is 1. The third-order valence-corrected chi connectivity index (χ3v) is 6.00. The first-order valence-electron chi connectivity index (χ1n) is 7.98. The van der Waals surface area contributed by atoms with E-state index in [0.717, 1.165) is 27.2 Å². The van der Waals surface area contributed by atoms with Gasteiger partial charge < -0.3 is 4.74 Å². The van der Waals surface area contributed by atoms with Crippen LogP contribution < -0.4 is 5.06 Å². The molecule has 2 aromatic rings. The Morgan fingerprint density at radius 3 is 2.96 bits per heavy atom. The Kier molecular flexibility index (Phi) is 5.95. The molecule has 1 aromatic heterocycles. The summed E-state index contributed by atoms with van der Waals surface area (Å²) in [5, 5.41) is 13.8. The summed E-state index contributed by atoms with van der Waals surface area (Å²) in [7, 11) is 0. The van der Waals surface area contributed by atoms with Gasteiger partial charge in [-0.05, 0) is 30.0 Å². The van der Waals surface area contributed by atoms with Gasteiger partial charge in [0, 0.05) is 21.8 Å². The van der Waals surface area contributed by atoms with Crippen LogP contribution in [-0.2, 0) is 15.3 Å². The number of hydrogen-bond acceptors (Lipinski definition) is 6. The van der Waals surface area contributed by atoms with Gasteiger partial charge in [-0.3, -0.25) is 10.0 Å². The van der Waals surface area contributed by atoms with Crippen molar-refractivity contribution in [2.24, 2.45) is 0 Å². The number of thiophene rings is 1. The van der Waals surface area contributed by atoms with E-state index in [0.29, 0.717) is 5.00 Å². The molecule has 8 heteroatoms. The molecule has 0 unspecified atom stereocenters. The lowest BCUT2D eigenvalue weighted by atomic mass is 10.0. The maximum absolute atomic E-state index is 13.9. The van der Waals surface area contributed by atoms with Crippen LogP contribution in [0.4, 0.5) is 13.8 Å². The Hall–Kier alpha value is -1.90. The molecule has 3 rings (SSSR count). The smallest absolute Gasteiger partial charge is 0.310 e. The van der Waals surface area contributed by atoms with Crippen LogP contribution >= 0.6 is 23.1 Å². The first kappa shape index (κ1) is 18.9. The second kappa shape index (κ2) is 8.20. The molecule has 0 spiro atoms. The summed E-state index contributed by atoms with van der Waals surface area (Å²) in [4.78, 5) is 12.7. The van der Waals surface area contributed by atoms with E-state index in [2.05, 4.69) is 0 Å². The largest absolute Gasteiger partial charge is 0.466 e. The highest BCUT2D eigenvalue weighted by Crippen LogP contribution is 2.43. The van der Waals surface area contributed by atoms with Crippen molar-refractivity contribution in [3.8, 4) is 0 Å². The number of ether oxygens (including phenoxy) is 1. The third-order valence-electron chi connectivity index (χ3n) is 3.89. The number of rotatable bonds is 6. The first-order valence-corrected chi connectivity index (χ1v) is 9.85. The molecule has 0 fully saturated rings. The van der Waals surface area contributed by atoms with Crippen LogP contribution in [0.5, 0.6) is 0 Å². The zero-order chi connectivity index (χ0) is 18.7. The predicted molar refractivity (Wildman–Crippen MR) is 99.3 cm³/mol. The van der Waals surface area contributed by atoms with Crippen LogP contribution in [0.25, 0.3) is 5.57 Å². The molecule has 1 aromatic carbocycles. The van der Waals surface area contributed by atoms with Crippen molar-refractivity contribution in [3.63, 3.8) is 0 Å². The molecule has 2 heterocycles. The second-order valence-corrected chi connectivity index (χ2v) is 7.55. The minimum Gasteiger partial charge on any atom is -0.466 e. The number of thioether (sulfide) groups is 1. The van der Waals surface area contributed by atoms with E-state index >= 15 is 0 Å². The third kappa shape index (κ3) is 3.92. The van der Waals surface area contributed by atoms with Gasteiger partial charge in [-0.25, -0.2) is 13.8 Å². The van der Waals surface area contributed by atoms with Gasteiger partial charge in [0.1, 0.15) is 5.00 Å². The summed E-state index contributed by atoms with van der Waals surface area (Å²) in [6.45, 7) is 2.20. The van der Waals surface area contributed by atoms with Crippen molar-refractivity contribution in [3.05, 3.63) is 57.3 Å². The van der Waals surface area contributed by atoms with E-state index in [1.54, 1.807) is 6.92 Å². The van der Waals surface area contributed by atoms with Crippen LogP contribution in [-0.4, -0.2) is 24.3 Å². The summed E-state index contributed by atoms with van der Waals surface area (Å²) in [5.74, 6) is -1.93. The fourth-order valence-electron chi connectivity index (χ4n) is 2.69. The monoisotopic (exact) mass is 397 g/mol. The Morgan fingerprint density at radius 2 is 2.19 bits per heavy atom. The quantitative estimate of drug-likeness (QED) is 0.708. The lowest BCUT2D eigenvalue weighted by Crippen LogP contribution is -2.25. The number of carbonyl (C=O) groups is 1. The molecule has 1 aliphatic rings. The van der Waals surface area contributed by atoms with E-state index in [1.165, 1.54) is 35.2 Å². The summed E-state index contributed by atoms with van der Waals surface area (Å²) < 4.78 is 32.3. The van der Waals surface area contributed by atoms with Crippen molar-refractivity contribution in [2.45, 2.75) is 19.1 Å². The Labute approximate surface area is 158 Å². The summed E-state index contributed by atoms with van der Waals surface area (Å²) >= 11 is 2.65. The van der Waals surface area contributed by atoms with E-state index in [1.807, 2.05) is 11.4 Å². The highest BCUT2D eigenvalue weighted by atomic mass is 32.2. The Balaban J connectivity index is 1.89. The fourth-order valence-corrected chi connectivity index (χ4v) is 4.65. The Morgan fingerprint density at radius 1 is 1.38 bits per heavy atom. The first-order chi connectivity index (χ1) is 12.5. The van der Waals surface area contributed by atoms with Crippen LogP contribution in [0.2, 0.25) is 0 Å². The number of benzene rings is 1. The molecule has 1 N–H and O–H groups in total. The van der Waals surface area contributed by atoms with Gasteiger partial charge >= 0.3 is 5.97 Å². The van der Waals surface area contributed by atoms with Gasteiger partial charge in [0.2, 0.25) is 0 Å². The molecular weight excluding hydrogens is 380 g/mol. The molecule has 0 atom stereocenters. The zero-order valence-electron chi connectivity index (χ0n) is 14.0. The highest BCUT2D eigenvalue weighted by molar-refractivity contribution is 8.02. The van der Waals surface area contributed by atoms with Gasteiger partial charge in [0.05, 0.1) is 19.6 Å². The van der Waals surface area contributed by atoms with Crippen molar-refractivity contribution in [1.82, 2.24) is 0 Å². The number of carbonyl (C=O) groups excluding carboxylic acids is 1. The number of hydroxylamine groups is 1. The molecule has 0 saturated heterocycles. The average molecular weight is 397 g/mol. The number of esters is 1. The highest BCUT2D eigenvalue weighted by Gasteiger charge is 2.27. The van der Waals surface area contributed by atoms with E-state index < -0.39 is 11.6 Å². The van der Waals surface area contributed by atoms with E-state index in [4.69, 9.17) is 4.74 Å². The van der Waals surface area contributed by atoms with E-state index in [-0.39, 0.29) is 36.9 Å². The SMILES string of the molecule is CCOC(=O)CC1=C(SCc2cccc(F)c2F)CN(O)c2sccc21. The fraction of sp³-hybridized carbons (Fsp3) is 0.278. The normalized spacial score (nSPS) is 13.8. The number of anilines is 1. The summed E-state index contributed by atoms with van der Waals surface area (Å²) in [6, 6.07) is 5.88.